The van der Waals surface area contributed by atoms with Crippen LogP contribution in [0.1, 0.15) is 5.56 Å². The highest BCUT2D eigenvalue weighted by Gasteiger charge is 2.10. The van der Waals surface area contributed by atoms with E-state index >= 15 is 0 Å². The molecule has 1 aromatic carbocycles. The summed E-state index contributed by atoms with van der Waals surface area (Å²) in [5.41, 5.74) is 4.15. The van der Waals surface area contributed by atoms with E-state index in [0.29, 0.717) is 17.6 Å². The fraction of sp³-hybridized carbons (Fsp3) is 0.273. The van der Waals surface area contributed by atoms with E-state index in [4.69, 9.17) is 10.3 Å². The van der Waals surface area contributed by atoms with E-state index in [-0.39, 0.29) is 6.03 Å². The zero-order chi connectivity index (χ0) is 13.3. The number of aromatic nitrogens is 1. The normalized spacial score (nSPS) is 10.6. The van der Waals surface area contributed by atoms with E-state index in [2.05, 4.69) is 5.43 Å². The van der Waals surface area contributed by atoms with Crippen molar-refractivity contribution in [3.8, 4) is 0 Å². The Hall–Kier alpha value is -2.28. The zero-order valence-corrected chi connectivity index (χ0v) is 10.1. The molecule has 96 valence electrons. The highest BCUT2D eigenvalue weighted by Crippen LogP contribution is 2.15. The van der Waals surface area contributed by atoms with Crippen LogP contribution in [0.2, 0.25) is 0 Å². The van der Waals surface area contributed by atoms with E-state index < -0.39 is 5.76 Å². The first-order valence-electron chi connectivity index (χ1n) is 5.33. The van der Waals surface area contributed by atoms with Gasteiger partial charge in [-0.15, -0.1) is 0 Å². The third kappa shape index (κ3) is 2.07. The molecule has 0 aliphatic carbocycles. The summed E-state index contributed by atoms with van der Waals surface area (Å²) in [6.07, 6.45) is 0. The molecule has 2 rings (SSSR count). The molecule has 0 saturated carbocycles. The molecule has 0 bridgehead atoms. The Balaban J connectivity index is 2.33. The minimum Gasteiger partial charge on any atom is -0.408 e. The van der Waals surface area contributed by atoms with E-state index in [1.54, 1.807) is 32.3 Å². The maximum atomic E-state index is 11.3. The van der Waals surface area contributed by atoms with Crippen molar-refractivity contribution in [2.45, 2.75) is 6.54 Å². The molecule has 3 N–H and O–H groups in total. The van der Waals surface area contributed by atoms with Gasteiger partial charge >= 0.3 is 11.8 Å². The Kier molecular flexibility index (Phi) is 3.07. The second kappa shape index (κ2) is 4.53. The summed E-state index contributed by atoms with van der Waals surface area (Å²) in [5, 5.41) is 0. The van der Waals surface area contributed by atoms with Crippen molar-refractivity contribution < 1.29 is 9.21 Å². The van der Waals surface area contributed by atoms with E-state index in [9.17, 15) is 9.59 Å². The largest absolute Gasteiger partial charge is 0.419 e. The number of nitrogens with zero attached hydrogens (tertiary/aromatic N) is 2. The number of benzene rings is 1. The first-order chi connectivity index (χ1) is 8.52. The van der Waals surface area contributed by atoms with Gasteiger partial charge in [0.05, 0.1) is 5.52 Å². The second-order valence-corrected chi connectivity index (χ2v) is 4.03. The highest BCUT2D eigenvalue weighted by molar-refractivity contribution is 5.75. The van der Waals surface area contributed by atoms with Gasteiger partial charge in [-0.25, -0.2) is 15.4 Å². The summed E-state index contributed by atoms with van der Waals surface area (Å²) in [6, 6.07) is 4.93. The molecule has 0 spiro atoms. The van der Waals surface area contributed by atoms with E-state index in [0.717, 1.165) is 5.56 Å². The molecule has 0 aliphatic heterocycles. The summed E-state index contributed by atoms with van der Waals surface area (Å²) in [4.78, 5) is 24.0. The zero-order valence-electron chi connectivity index (χ0n) is 10.1. The minimum atomic E-state index is -0.407. The second-order valence-electron chi connectivity index (χ2n) is 4.03. The maximum Gasteiger partial charge on any atom is 0.419 e. The number of fused-ring (bicyclic) bond motifs is 1. The van der Waals surface area contributed by atoms with Crippen molar-refractivity contribution in [2.24, 2.45) is 12.9 Å². The summed E-state index contributed by atoms with van der Waals surface area (Å²) in [5.74, 6) is 4.64. The van der Waals surface area contributed by atoms with Crippen LogP contribution < -0.4 is 17.0 Å². The quantitative estimate of drug-likeness (QED) is 0.450. The molecule has 0 unspecified atom stereocenters. The van der Waals surface area contributed by atoms with Crippen LogP contribution in [0.3, 0.4) is 0 Å². The molecule has 0 saturated heterocycles. The molecule has 0 atom stereocenters. The Labute approximate surface area is 103 Å². The van der Waals surface area contributed by atoms with Crippen molar-refractivity contribution in [3.05, 3.63) is 34.3 Å². The Bertz CT molecular complexity index is 643. The molecule has 2 amide bonds. The lowest BCUT2D eigenvalue weighted by molar-refractivity contribution is 0.207. The van der Waals surface area contributed by atoms with Crippen LogP contribution in [0.4, 0.5) is 4.79 Å². The Morgan fingerprint density at radius 2 is 2.28 bits per heavy atom. The monoisotopic (exact) mass is 250 g/mol. The smallest absolute Gasteiger partial charge is 0.408 e. The van der Waals surface area contributed by atoms with E-state index in [1.165, 1.54) is 9.47 Å². The molecular weight excluding hydrogens is 236 g/mol. The average molecular weight is 250 g/mol. The Morgan fingerprint density at radius 1 is 1.56 bits per heavy atom. The number of hydrazine groups is 1. The van der Waals surface area contributed by atoms with Crippen molar-refractivity contribution >= 4 is 17.1 Å². The van der Waals surface area contributed by atoms with Gasteiger partial charge in [0.15, 0.2) is 5.58 Å². The van der Waals surface area contributed by atoms with Gasteiger partial charge in [0.2, 0.25) is 0 Å². The number of aryl methyl sites for hydroxylation is 1. The van der Waals surface area contributed by atoms with Crippen molar-refractivity contribution in [2.75, 3.05) is 7.05 Å². The third-order valence-corrected chi connectivity index (χ3v) is 2.75. The standard InChI is InChI=1S/C11H14N4O3/c1-14(10(16)13-12)6-7-3-4-9-8(5-7)15(2)11(17)18-9/h3-5H,6,12H2,1-2H3,(H,13,16). The average Bonchev–Trinajstić information content (AvgIpc) is 2.64. The van der Waals surface area contributed by atoms with Crippen LogP contribution in [0.5, 0.6) is 0 Å². The van der Waals surface area contributed by atoms with Gasteiger partial charge in [-0.2, -0.15) is 0 Å². The fourth-order valence-corrected chi connectivity index (χ4v) is 1.73. The number of rotatable bonds is 2. The molecule has 7 nitrogen and oxygen atoms in total. The van der Waals surface area contributed by atoms with Gasteiger partial charge in [0.25, 0.3) is 0 Å². The van der Waals surface area contributed by atoms with Crippen molar-refractivity contribution in [1.29, 1.82) is 0 Å². The lowest BCUT2D eigenvalue weighted by Crippen LogP contribution is -2.40. The van der Waals surface area contributed by atoms with Gasteiger partial charge in [0, 0.05) is 20.6 Å². The topological polar surface area (TPSA) is 93.5 Å². The molecule has 0 radical (unpaired) electrons. The van der Waals surface area contributed by atoms with Gasteiger partial charge in [0.1, 0.15) is 0 Å². The Morgan fingerprint density at radius 3 is 2.94 bits per heavy atom. The highest BCUT2D eigenvalue weighted by atomic mass is 16.4. The number of urea groups is 1. The van der Waals surface area contributed by atoms with Gasteiger partial charge in [-0.1, -0.05) is 6.07 Å². The molecule has 1 aromatic heterocycles. The number of nitrogens with one attached hydrogen (secondary N) is 1. The summed E-state index contributed by atoms with van der Waals surface area (Å²) in [6.45, 7) is 0.387. The lowest BCUT2D eigenvalue weighted by Gasteiger charge is -2.16. The maximum absolute atomic E-state index is 11.3. The number of amides is 2. The predicted molar refractivity (Wildman–Crippen MR) is 65.6 cm³/mol. The molecule has 0 aliphatic rings. The molecule has 7 heteroatoms. The van der Waals surface area contributed by atoms with Crippen LogP contribution >= 0.6 is 0 Å². The number of carbonyl (C=O) groups excluding carboxylic acids is 1. The van der Waals surface area contributed by atoms with Gasteiger partial charge in [-0.3, -0.25) is 9.99 Å². The van der Waals surface area contributed by atoms with E-state index in [1.807, 2.05) is 0 Å². The number of nitrogens with two attached hydrogens (primary N) is 1. The summed E-state index contributed by atoms with van der Waals surface area (Å²) in [7, 11) is 3.26. The van der Waals surface area contributed by atoms with Crippen molar-refractivity contribution in [1.82, 2.24) is 14.9 Å². The first-order valence-corrected chi connectivity index (χ1v) is 5.33. The van der Waals surface area contributed by atoms with Crippen LogP contribution in [-0.2, 0) is 13.6 Å². The number of carbonyl (C=O) groups is 1. The third-order valence-electron chi connectivity index (χ3n) is 2.75. The minimum absolute atomic E-state index is 0.379. The number of oxazole rings is 1. The molecule has 2 aromatic rings. The molecular formula is C11H14N4O3. The number of hydrogen-bond acceptors (Lipinski definition) is 4. The van der Waals surface area contributed by atoms with Crippen molar-refractivity contribution in [3.63, 3.8) is 0 Å². The fourth-order valence-electron chi connectivity index (χ4n) is 1.73. The van der Waals surface area contributed by atoms with Gasteiger partial charge < -0.3 is 9.32 Å². The molecule has 0 fully saturated rings. The number of hydrogen-bond donors (Lipinski definition) is 2. The molecule has 18 heavy (non-hydrogen) atoms. The summed E-state index contributed by atoms with van der Waals surface area (Å²) >= 11 is 0. The van der Waals surface area contributed by atoms with Crippen LogP contribution in [0, 0.1) is 0 Å². The first kappa shape index (κ1) is 12.2. The molecule has 1 heterocycles. The van der Waals surface area contributed by atoms with Crippen LogP contribution in [0.15, 0.2) is 27.4 Å². The van der Waals surface area contributed by atoms with Crippen LogP contribution in [-0.4, -0.2) is 22.5 Å². The predicted octanol–water partition coefficient (Wildman–Crippen LogP) is 0.147. The summed E-state index contributed by atoms with van der Waals surface area (Å²) < 4.78 is 6.44. The van der Waals surface area contributed by atoms with Gasteiger partial charge in [-0.05, 0) is 17.7 Å². The SMILES string of the molecule is CN(Cc1ccc2oc(=O)n(C)c2c1)C(=O)NN. The van der Waals surface area contributed by atoms with Crippen LogP contribution in [0.25, 0.3) is 11.1 Å². The lowest BCUT2D eigenvalue weighted by atomic mass is 10.2.